The van der Waals surface area contributed by atoms with E-state index < -0.39 is 22.6 Å². The molecule has 2 aromatic rings. The Morgan fingerprint density at radius 1 is 0.800 bits per heavy atom. The van der Waals surface area contributed by atoms with Gasteiger partial charge in [-0.15, -0.1) is 0 Å². The van der Waals surface area contributed by atoms with Crippen LogP contribution in [0.5, 0.6) is 23.0 Å². The zero-order chi connectivity index (χ0) is 27.0. The van der Waals surface area contributed by atoms with Crippen molar-refractivity contribution in [1.82, 2.24) is 0 Å². The Labute approximate surface area is 213 Å². The van der Waals surface area contributed by atoms with E-state index in [-0.39, 0.29) is 16.7 Å². The average molecular weight is 521 g/mol. The van der Waals surface area contributed by atoms with Gasteiger partial charge in [0.1, 0.15) is 17.1 Å². The minimum absolute atomic E-state index is 0.0837. The second-order valence-corrected chi connectivity index (χ2v) is 21.4. The average Bonchev–Trinajstić information content (AvgIpc) is 2.72. The van der Waals surface area contributed by atoms with Gasteiger partial charge in [0.25, 0.3) is 16.6 Å². The fraction of sp³-hybridized carbons (Fsp3) is 0.593. The molecule has 8 heteroatoms. The molecule has 0 spiro atoms. The van der Waals surface area contributed by atoms with Crippen LogP contribution in [0.15, 0.2) is 18.2 Å². The van der Waals surface area contributed by atoms with Gasteiger partial charge in [-0.2, -0.15) is 0 Å². The lowest BCUT2D eigenvalue weighted by atomic mass is 10.0. The van der Waals surface area contributed by atoms with Crippen LogP contribution in [-0.4, -0.2) is 43.4 Å². The van der Waals surface area contributed by atoms with Crippen LogP contribution in [0.4, 0.5) is 0 Å². The lowest BCUT2D eigenvalue weighted by Crippen LogP contribution is -2.46. The molecule has 0 heterocycles. The van der Waals surface area contributed by atoms with E-state index in [0.29, 0.717) is 33.9 Å². The van der Waals surface area contributed by atoms with Gasteiger partial charge < -0.3 is 23.1 Å². The van der Waals surface area contributed by atoms with Crippen molar-refractivity contribution in [3.8, 4) is 23.0 Å². The molecule has 0 saturated heterocycles. The number of esters is 1. The van der Waals surface area contributed by atoms with Crippen molar-refractivity contribution in [2.75, 3.05) is 20.8 Å². The van der Waals surface area contributed by atoms with Crippen LogP contribution in [0.3, 0.4) is 0 Å². The zero-order valence-electron chi connectivity index (χ0n) is 23.9. The summed E-state index contributed by atoms with van der Waals surface area (Å²) in [6, 6.07) is 5.48. The fourth-order valence-electron chi connectivity index (χ4n) is 3.13. The molecule has 2 rings (SSSR count). The highest BCUT2D eigenvalue weighted by Crippen LogP contribution is 2.51. The van der Waals surface area contributed by atoms with Crippen molar-refractivity contribution in [2.45, 2.75) is 84.7 Å². The third-order valence-electron chi connectivity index (χ3n) is 7.40. The van der Waals surface area contributed by atoms with E-state index in [1.165, 1.54) is 0 Å². The highest BCUT2D eigenvalue weighted by atomic mass is 28.4. The molecule has 0 saturated carbocycles. The van der Waals surface area contributed by atoms with Gasteiger partial charge in [-0.1, -0.05) is 41.5 Å². The lowest BCUT2D eigenvalue weighted by Gasteiger charge is -2.40. The third-order valence-corrected chi connectivity index (χ3v) is 16.0. The van der Waals surface area contributed by atoms with E-state index in [1.54, 1.807) is 27.2 Å². The number of carbonyl (C=O) groups is 1. The van der Waals surface area contributed by atoms with Crippen LogP contribution in [0.2, 0.25) is 36.3 Å². The first kappa shape index (κ1) is 29.0. The van der Waals surface area contributed by atoms with Crippen LogP contribution in [0, 0.1) is 0 Å². The Bertz CT molecular complexity index is 1080. The highest BCUT2D eigenvalue weighted by Gasteiger charge is 2.44. The first-order valence-electron chi connectivity index (χ1n) is 12.2. The molecule has 0 radical (unpaired) electrons. The quantitative estimate of drug-likeness (QED) is 0.261. The minimum atomic E-state index is -2.38. The maximum Gasteiger partial charge on any atom is 0.342 e. The van der Waals surface area contributed by atoms with E-state index in [1.807, 2.05) is 12.1 Å². The highest BCUT2D eigenvalue weighted by molar-refractivity contribution is 6.75. The standard InChI is InChI=1S/C27H44O6Si2/c1-14-31-25(28)19-17-18-20(29-8)15-16-21(30-9)22(18)24(33-35(12,13)27(5,6)7)23(19)32-34(10,11)26(2,3)4/h15-17H,14H2,1-13H3. The van der Waals surface area contributed by atoms with E-state index in [2.05, 4.69) is 67.7 Å². The summed E-state index contributed by atoms with van der Waals surface area (Å²) in [6.07, 6.45) is 0. The second kappa shape index (κ2) is 10.0. The van der Waals surface area contributed by atoms with Gasteiger partial charge >= 0.3 is 5.97 Å². The van der Waals surface area contributed by atoms with Crippen molar-refractivity contribution in [1.29, 1.82) is 0 Å². The Hall–Kier alpha value is -2.20. The number of hydrogen-bond acceptors (Lipinski definition) is 6. The van der Waals surface area contributed by atoms with E-state index in [4.69, 9.17) is 23.1 Å². The van der Waals surface area contributed by atoms with Crippen LogP contribution < -0.4 is 18.3 Å². The molecule has 196 valence electrons. The largest absolute Gasteiger partial charge is 0.541 e. The molecular weight excluding hydrogens is 476 g/mol. The van der Waals surface area contributed by atoms with Crippen molar-refractivity contribution in [3.63, 3.8) is 0 Å². The molecule has 0 atom stereocenters. The minimum Gasteiger partial charge on any atom is -0.541 e. The molecule has 0 aromatic heterocycles. The number of rotatable bonds is 8. The summed E-state index contributed by atoms with van der Waals surface area (Å²) in [4.78, 5) is 13.3. The number of benzene rings is 2. The van der Waals surface area contributed by atoms with Crippen LogP contribution in [0.25, 0.3) is 10.8 Å². The Kier molecular flexibility index (Phi) is 8.34. The molecule has 0 bridgehead atoms. The third kappa shape index (κ3) is 5.80. The van der Waals surface area contributed by atoms with Crippen molar-refractivity contribution in [2.24, 2.45) is 0 Å². The fourth-order valence-corrected chi connectivity index (χ4v) is 5.16. The summed E-state index contributed by atoms with van der Waals surface area (Å²) in [6.45, 7) is 23.8. The van der Waals surface area contributed by atoms with Gasteiger partial charge in [-0.3, -0.25) is 0 Å². The number of methoxy groups -OCH3 is 2. The van der Waals surface area contributed by atoms with Crippen LogP contribution >= 0.6 is 0 Å². The predicted octanol–water partition coefficient (Wildman–Crippen LogP) is 7.80. The first-order valence-corrected chi connectivity index (χ1v) is 18.0. The molecule has 0 aliphatic rings. The molecule has 0 N–H and O–H groups in total. The summed E-state index contributed by atoms with van der Waals surface area (Å²) in [7, 11) is -1.51. The first-order chi connectivity index (χ1) is 15.9. The second-order valence-electron chi connectivity index (χ2n) is 11.9. The summed E-state index contributed by atoms with van der Waals surface area (Å²) in [5.74, 6) is 1.75. The zero-order valence-corrected chi connectivity index (χ0v) is 25.9. The maximum atomic E-state index is 13.3. The molecule has 35 heavy (non-hydrogen) atoms. The smallest absolute Gasteiger partial charge is 0.342 e. The van der Waals surface area contributed by atoms with Gasteiger partial charge in [-0.05, 0) is 61.4 Å². The molecule has 0 unspecified atom stereocenters. The van der Waals surface area contributed by atoms with Crippen molar-refractivity contribution < 1.29 is 27.9 Å². The van der Waals surface area contributed by atoms with Gasteiger partial charge in [0.05, 0.1) is 26.2 Å². The monoisotopic (exact) mass is 520 g/mol. The number of carbonyl (C=O) groups excluding carboxylic acids is 1. The number of fused-ring (bicyclic) bond motifs is 1. The molecule has 0 aliphatic heterocycles. The molecule has 2 aromatic carbocycles. The Morgan fingerprint density at radius 3 is 1.69 bits per heavy atom. The summed E-state index contributed by atoms with van der Waals surface area (Å²) in [5, 5.41) is 1.27. The predicted molar refractivity (Wildman–Crippen MR) is 149 cm³/mol. The van der Waals surface area contributed by atoms with Crippen LogP contribution in [-0.2, 0) is 4.74 Å². The molecule has 0 fully saturated rings. The molecule has 6 nitrogen and oxygen atoms in total. The summed E-state index contributed by atoms with van der Waals surface area (Å²) in [5.41, 5.74) is 0.337. The molecule has 0 aliphatic carbocycles. The maximum absolute atomic E-state index is 13.3. The van der Waals surface area contributed by atoms with E-state index in [0.717, 1.165) is 5.39 Å². The van der Waals surface area contributed by atoms with E-state index >= 15 is 0 Å². The normalized spacial score (nSPS) is 12.9. The Balaban J connectivity index is 3.11. The SMILES string of the molecule is CCOC(=O)c1cc2c(OC)ccc(OC)c2c(O[Si](C)(C)C(C)(C)C)c1O[Si](C)(C)C(C)(C)C. The van der Waals surface area contributed by atoms with Gasteiger partial charge in [0, 0.05) is 5.39 Å². The molecule has 0 amide bonds. The van der Waals surface area contributed by atoms with Crippen molar-refractivity contribution in [3.05, 3.63) is 23.8 Å². The van der Waals surface area contributed by atoms with Gasteiger partial charge in [-0.25, -0.2) is 4.79 Å². The van der Waals surface area contributed by atoms with Gasteiger partial charge in [0.2, 0.25) is 0 Å². The number of hydrogen-bond donors (Lipinski definition) is 0. The van der Waals surface area contributed by atoms with Gasteiger partial charge in [0.15, 0.2) is 11.5 Å². The Morgan fingerprint density at radius 2 is 1.26 bits per heavy atom. The van der Waals surface area contributed by atoms with Crippen LogP contribution in [0.1, 0.15) is 58.8 Å². The lowest BCUT2D eigenvalue weighted by molar-refractivity contribution is 0.0523. The van der Waals surface area contributed by atoms with Crippen molar-refractivity contribution >= 4 is 33.4 Å². The topological polar surface area (TPSA) is 63.2 Å². The summed E-state index contributed by atoms with van der Waals surface area (Å²) < 4.78 is 30.8. The number of ether oxygens (including phenoxy) is 3. The summed E-state index contributed by atoms with van der Waals surface area (Å²) >= 11 is 0. The molecular formula is C27H44O6Si2. The van der Waals surface area contributed by atoms with E-state index in [9.17, 15) is 4.79 Å².